The first-order valence-corrected chi connectivity index (χ1v) is 14.8. The highest BCUT2D eigenvalue weighted by molar-refractivity contribution is 6.42. The van der Waals surface area contributed by atoms with E-state index in [-0.39, 0.29) is 17.1 Å². The Morgan fingerprint density at radius 3 is 1.91 bits per heavy atom. The van der Waals surface area contributed by atoms with Gasteiger partial charge in [-0.3, -0.25) is 9.59 Å². The molecule has 0 aliphatic heterocycles. The van der Waals surface area contributed by atoms with Crippen LogP contribution in [0.15, 0.2) is 109 Å². The third-order valence-electron chi connectivity index (χ3n) is 9.01. The summed E-state index contributed by atoms with van der Waals surface area (Å²) in [6.45, 7) is 6.61. The van der Waals surface area contributed by atoms with Gasteiger partial charge in [0.25, 0.3) is 0 Å². The normalized spacial score (nSPS) is 13.1. The molecule has 6 aromatic carbocycles. The highest BCUT2D eigenvalue weighted by Gasteiger charge is 2.33. The maximum atomic E-state index is 13.4. The number of nitrogens with zero attached hydrogens (tertiary/aromatic N) is 1. The average molecular weight is 556 g/mol. The van der Waals surface area contributed by atoms with Crippen LogP contribution in [0.3, 0.4) is 0 Å². The van der Waals surface area contributed by atoms with Crippen molar-refractivity contribution in [2.75, 3.05) is 0 Å². The summed E-state index contributed by atoms with van der Waals surface area (Å²) in [5, 5.41) is 6.48. The predicted molar refractivity (Wildman–Crippen MR) is 178 cm³/mol. The van der Waals surface area contributed by atoms with Gasteiger partial charge in [0.1, 0.15) is 0 Å². The van der Waals surface area contributed by atoms with Crippen LogP contribution in [0.5, 0.6) is 0 Å². The number of rotatable bonds is 3. The number of Topliss-reactive ketones (excluding diaryl/α,β-unsaturated/α-hetero) is 2. The minimum absolute atomic E-state index is 0.204. The molecule has 1 aromatic heterocycles. The lowest BCUT2D eigenvalue weighted by Crippen LogP contribution is -2.01. The van der Waals surface area contributed by atoms with E-state index in [9.17, 15) is 9.59 Å². The standard InChI is InChI=1S/C40H29NO2/c1-4-25-15-23(2)38(24(3)16-25)41-36-12-8-7-11-31(36)32-21-30-17-26(13-14-29(30)22-37(32)41)18-35-39(42)33-19-27-9-5-6-10-28(27)20-34(33)40(35)43/h5-22H,4H2,1-3H3. The summed E-state index contributed by atoms with van der Waals surface area (Å²) in [5.74, 6) is -0.409. The summed E-state index contributed by atoms with van der Waals surface area (Å²) < 4.78 is 2.40. The van der Waals surface area contributed by atoms with E-state index in [0.717, 1.165) is 33.5 Å². The van der Waals surface area contributed by atoms with E-state index < -0.39 is 0 Å². The van der Waals surface area contributed by atoms with E-state index in [1.807, 2.05) is 42.5 Å². The van der Waals surface area contributed by atoms with E-state index in [0.29, 0.717) is 11.1 Å². The number of carbonyl (C=O) groups excluding carboxylic acids is 2. The molecule has 0 radical (unpaired) electrons. The lowest BCUT2D eigenvalue weighted by atomic mass is 10.0. The van der Waals surface area contributed by atoms with Crippen molar-refractivity contribution >= 4 is 61.0 Å². The van der Waals surface area contributed by atoms with Crippen LogP contribution in [0.1, 0.15) is 49.9 Å². The van der Waals surface area contributed by atoms with Crippen LogP contribution in [0.4, 0.5) is 0 Å². The predicted octanol–water partition coefficient (Wildman–Crippen LogP) is 9.73. The molecular formula is C40H29NO2. The van der Waals surface area contributed by atoms with Crippen LogP contribution in [-0.2, 0) is 6.42 Å². The number of allylic oxidation sites excluding steroid dienone is 1. The van der Waals surface area contributed by atoms with E-state index in [2.05, 4.69) is 86.0 Å². The lowest BCUT2D eigenvalue weighted by molar-refractivity contribution is 0.0990. The second-order valence-corrected chi connectivity index (χ2v) is 11.7. The zero-order valence-electron chi connectivity index (χ0n) is 24.4. The van der Waals surface area contributed by atoms with E-state index in [4.69, 9.17) is 0 Å². The summed E-state index contributed by atoms with van der Waals surface area (Å²) >= 11 is 0. The quantitative estimate of drug-likeness (QED) is 0.161. The molecule has 0 saturated heterocycles. The van der Waals surface area contributed by atoms with Gasteiger partial charge in [0, 0.05) is 21.9 Å². The second-order valence-electron chi connectivity index (χ2n) is 11.7. The van der Waals surface area contributed by atoms with Crippen molar-refractivity contribution < 1.29 is 9.59 Å². The molecule has 7 aromatic rings. The van der Waals surface area contributed by atoms with Crippen molar-refractivity contribution in [1.29, 1.82) is 0 Å². The van der Waals surface area contributed by atoms with Crippen LogP contribution >= 0.6 is 0 Å². The molecule has 0 bridgehead atoms. The number of fused-ring (bicyclic) bond motifs is 6. The van der Waals surface area contributed by atoms with Crippen molar-refractivity contribution in [2.45, 2.75) is 27.2 Å². The van der Waals surface area contributed by atoms with Gasteiger partial charge in [-0.25, -0.2) is 0 Å². The molecule has 0 spiro atoms. The Labute approximate surface area is 249 Å². The number of benzene rings is 6. The molecule has 8 rings (SSSR count). The minimum atomic E-state index is -0.204. The molecule has 0 amide bonds. The topological polar surface area (TPSA) is 39.1 Å². The first-order valence-electron chi connectivity index (χ1n) is 14.8. The van der Waals surface area contributed by atoms with Gasteiger partial charge >= 0.3 is 0 Å². The number of hydrogen-bond acceptors (Lipinski definition) is 2. The summed E-state index contributed by atoms with van der Waals surface area (Å²) in [6.07, 6.45) is 2.77. The first-order chi connectivity index (χ1) is 20.9. The van der Waals surface area contributed by atoms with E-state index >= 15 is 0 Å². The fraction of sp³-hybridized carbons (Fsp3) is 0.100. The Hall–Kier alpha value is -5.28. The molecule has 1 aliphatic carbocycles. The second kappa shape index (κ2) is 9.37. The highest BCUT2D eigenvalue weighted by atomic mass is 16.2. The molecule has 43 heavy (non-hydrogen) atoms. The zero-order chi connectivity index (χ0) is 29.4. The van der Waals surface area contributed by atoms with Crippen LogP contribution < -0.4 is 0 Å². The number of para-hydroxylation sites is 1. The third-order valence-corrected chi connectivity index (χ3v) is 9.01. The fourth-order valence-corrected chi connectivity index (χ4v) is 6.97. The van der Waals surface area contributed by atoms with Crippen LogP contribution in [0.2, 0.25) is 0 Å². The van der Waals surface area contributed by atoms with Gasteiger partial charge in [0.05, 0.1) is 22.3 Å². The Morgan fingerprint density at radius 2 is 1.23 bits per heavy atom. The Balaban J connectivity index is 1.29. The maximum absolute atomic E-state index is 13.4. The summed E-state index contributed by atoms with van der Waals surface area (Å²) in [6, 6.07) is 35.4. The third kappa shape index (κ3) is 3.81. The number of carbonyl (C=O) groups is 2. The van der Waals surface area contributed by atoms with E-state index in [1.54, 1.807) is 6.08 Å². The minimum Gasteiger partial charge on any atom is -0.309 e. The van der Waals surface area contributed by atoms with Crippen LogP contribution in [-0.4, -0.2) is 16.1 Å². The molecule has 1 aliphatic rings. The molecule has 1 heterocycles. The van der Waals surface area contributed by atoms with Crippen molar-refractivity contribution in [2.24, 2.45) is 0 Å². The summed E-state index contributed by atoms with van der Waals surface area (Å²) in [5.41, 5.74) is 9.50. The van der Waals surface area contributed by atoms with Gasteiger partial charge in [-0.05, 0) is 107 Å². The monoisotopic (exact) mass is 555 g/mol. The smallest absolute Gasteiger partial charge is 0.197 e. The average Bonchev–Trinajstić information content (AvgIpc) is 3.44. The number of hydrogen-bond donors (Lipinski definition) is 0. The van der Waals surface area contributed by atoms with E-state index in [1.165, 1.54) is 44.2 Å². The molecule has 3 nitrogen and oxygen atoms in total. The molecule has 206 valence electrons. The molecule has 0 N–H and O–H groups in total. The SMILES string of the molecule is CCc1cc(C)c(-n2c3ccccc3c3cc4cc(C=C5C(=O)c6cc7ccccc7cc6C5=O)ccc4cc32)c(C)c1. The number of ketones is 2. The van der Waals surface area contributed by atoms with Crippen molar-refractivity contribution in [3.63, 3.8) is 0 Å². The first kappa shape index (κ1) is 25.4. The van der Waals surface area contributed by atoms with Gasteiger partial charge in [0.2, 0.25) is 0 Å². The largest absolute Gasteiger partial charge is 0.309 e. The van der Waals surface area contributed by atoms with Crippen molar-refractivity contribution in [3.8, 4) is 5.69 Å². The van der Waals surface area contributed by atoms with Gasteiger partial charge < -0.3 is 4.57 Å². The lowest BCUT2D eigenvalue weighted by Gasteiger charge is -2.16. The maximum Gasteiger partial charge on any atom is 0.197 e. The molecule has 0 atom stereocenters. The molecule has 0 unspecified atom stereocenters. The molecule has 0 saturated carbocycles. The van der Waals surface area contributed by atoms with Crippen molar-refractivity contribution in [3.05, 3.63) is 142 Å². The number of aromatic nitrogens is 1. The number of aryl methyl sites for hydroxylation is 3. The van der Waals surface area contributed by atoms with Gasteiger partial charge in [-0.1, -0.05) is 73.7 Å². The Morgan fingerprint density at radius 1 is 0.605 bits per heavy atom. The summed E-state index contributed by atoms with van der Waals surface area (Å²) in [4.78, 5) is 26.8. The zero-order valence-corrected chi connectivity index (χ0v) is 24.4. The fourth-order valence-electron chi connectivity index (χ4n) is 6.97. The summed E-state index contributed by atoms with van der Waals surface area (Å²) in [7, 11) is 0. The van der Waals surface area contributed by atoms with Crippen LogP contribution in [0.25, 0.3) is 55.1 Å². The molecule has 3 heteroatoms. The Bertz CT molecular complexity index is 2310. The highest BCUT2D eigenvalue weighted by Crippen LogP contribution is 2.38. The van der Waals surface area contributed by atoms with Gasteiger partial charge in [-0.15, -0.1) is 0 Å². The van der Waals surface area contributed by atoms with Gasteiger partial charge in [0.15, 0.2) is 11.6 Å². The molecule has 0 fully saturated rings. The van der Waals surface area contributed by atoms with Gasteiger partial charge in [-0.2, -0.15) is 0 Å². The van der Waals surface area contributed by atoms with Crippen LogP contribution in [0, 0.1) is 13.8 Å². The molecular weight excluding hydrogens is 526 g/mol. The Kier molecular flexibility index (Phi) is 5.54. The van der Waals surface area contributed by atoms with Crippen molar-refractivity contribution in [1.82, 2.24) is 4.57 Å².